The number of fused-ring (bicyclic) bond motifs is 1. The summed E-state index contributed by atoms with van der Waals surface area (Å²) in [7, 11) is 0. The molecule has 1 fully saturated rings. The van der Waals surface area contributed by atoms with E-state index in [0.717, 1.165) is 24.0 Å². The number of unbranched alkanes of at least 4 members (excludes halogenated alkanes) is 2. The Hall–Kier alpha value is -4.61. The number of hydrogen-bond donors (Lipinski definition) is 3. The van der Waals surface area contributed by atoms with Gasteiger partial charge in [-0.2, -0.15) is 4.98 Å². The van der Waals surface area contributed by atoms with Gasteiger partial charge >= 0.3 is 0 Å². The first-order valence-corrected chi connectivity index (χ1v) is 12.9. The van der Waals surface area contributed by atoms with Gasteiger partial charge in [-0.05, 0) is 61.6 Å². The van der Waals surface area contributed by atoms with E-state index in [0.29, 0.717) is 60.0 Å². The molecule has 202 valence electrons. The summed E-state index contributed by atoms with van der Waals surface area (Å²) >= 11 is 0. The maximum atomic E-state index is 12.8. The lowest BCUT2D eigenvalue weighted by atomic mass is 10.0. The molecule has 39 heavy (non-hydrogen) atoms. The number of nitrogens with two attached hydrogens (primary N) is 1. The molecule has 4 amide bonds. The Morgan fingerprint density at radius 1 is 1.21 bits per heavy atom. The number of nitrogen functional groups attached to an aromatic ring is 1. The van der Waals surface area contributed by atoms with Gasteiger partial charge in [-0.1, -0.05) is 11.6 Å². The van der Waals surface area contributed by atoms with Crippen LogP contribution < -0.4 is 16.4 Å². The second-order valence-electron chi connectivity index (χ2n) is 9.83. The Morgan fingerprint density at radius 2 is 2.05 bits per heavy atom. The van der Waals surface area contributed by atoms with Crippen molar-refractivity contribution in [3.05, 3.63) is 53.0 Å². The fraction of sp³-hybridized carbons (Fsp3) is 0.370. The molecule has 5 rings (SSSR count). The average Bonchev–Trinajstić information content (AvgIpc) is 3.48. The Morgan fingerprint density at radius 3 is 2.85 bits per heavy atom. The molecule has 0 bridgehead atoms. The van der Waals surface area contributed by atoms with Crippen molar-refractivity contribution in [2.24, 2.45) is 0 Å². The summed E-state index contributed by atoms with van der Waals surface area (Å²) in [4.78, 5) is 59.1. The van der Waals surface area contributed by atoms with Crippen LogP contribution >= 0.6 is 0 Å². The van der Waals surface area contributed by atoms with E-state index in [1.165, 1.54) is 4.90 Å². The number of hydrogen-bond acceptors (Lipinski definition) is 9. The molecule has 2 aliphatic rings. The normalized spacial score (nSPS) is 16.8. The summed E-state index contributed by atoms with van der Waals surface area (Å²) in [6.45, 7) is 2.15. The zero-order chi connectivity index (χ0) is 27.5. The van der Waals surface area contributed by atoms with Crippen molar-refractivity contribution in [1.82, 2.24) is 25.3 Å². The van der Waals surface area contributed by atoms with E-state index in [-0.39, 0.29) is 30.7 Å². The number of pyridine rings is 1. The number of carbonyl (C=O) groups is 4. The number of anilines is 2. The molecule has 1 aromatic carbocycles. The zero-order valence-electron chi connectivity index (χ0n) is 21.5. The van der Waals surface area contributed by atoms with E-state index in [1.54, 1.807) is 24.4 Å². The molecule has 4 N–H and O–H groups in total. The van der Waals surface area contributed by atoms with Crippen LogP contribution in [0.2, 0.25) is 0 Å². The third-order valence-electron chi connectivity index (χ3n) is 6.88. The predicted octanol–water partition coefficient (Wildman–Crippen LogP) is 2.52. The molecule has 2 aliphatic heterocycles. The number of aromatic nitrogens is 3. The lowest BCUT2D eigenvalue weighted by molar-refractivity contribution is -0.137. The monoisotopic (exact) mass is 531 g/mol. The minimum Gasteiger partial charge on any atom is -0.397 e. The highest BCUT2D eigenvalue weighted by Gasteiger charge is 2.39. The quantitative estimate of drug-likeness (QED) is 0.277. The SMILES string of the molecule is Cc1cc(N)cnc1-c1noc(CCCCCC(=O)Nc2ccc3c(c2)CN(C2CCC(=O)NC2=O)C3=O)n1. The van der Waals surface area contributed by atoms with Gasteiger partial charge in [0.15, 0.2) is 0 Å². The third-order valence-corrected chi connectivity index (χ3v) is 6.88. The maximum Gasteiger partial charge on any atom is 0.255 e. The van der Waals surface area contributed by atoms with Gasteiger partial charge in [0, 0.05) is 37.1 Å². The van der Waals surface area contributed by atoms with Gasteiger partial charge < -0.3 is 20.5 Å². The predicted molar refractivity (Wildman–Crippen MR) is 140 cm³/mol. The van der Waals surface area contributed by atoms with Gasteiger partial charge in [-0.3, -0.25) is 29.5 Å². The molecule has 12 heteroatoms. The van der Waals surface area contributed by atoms with Crippen LogP contribution in [0.15, 0.2) is 35.0 Å². The fourth-order valence-electron chi connectivity index (χ4n) is 4.90. The largest absolute Gasteiger partial charge is 0.397 e. The lowest BCUT2D eigenvalue weighted by Gasteiger charge is -2.29. The number of carbonyl (C=O) groups excluding carboxylic acids is 4. The highest BCUT2D eigenvalue weighted by atomic mass is 16.5. The van der Waals surface area contributed by atoms with Crippen molar-refractivity contribution in [3.8, 4) is 11.5 Å². The van der Waals surface area contributed by atoms with Gasteiger partial charge in [0.2, 0.25) is 29.4 Å². The Kier molecular flexibility index (Phi) is 7.35. The Bertz CT molecular complexity index is 1450. The second kappa shape index (κ2) is 11.0. The number of nitrogens with zero attached hydrogens (tertiary/aromatic N) is 4. The first-order chi connectivity index (χ1) is 18.8. The van der Waals surface area contributed by atoms with Crippen LogP contribution in [0.1, 0.15) is 65.9 Å². The van der Waals surface area contributed by atoms with Crippen LogP contribution in [-0.4, -0.2) is 49.7 Å². The Labute approximate surface area is 224 Å². The topological polar surface area (TPSA) is 173 Å². The zero-order valence-corrected chi connectivity index (χ0v) is 21.5. The molecular formula is C27H29N7O5. The van der Waals surface area contributed by atoms with E-state index in [1.807, 2.05) is 13.0 Å². The highest BCUT2D eigenvalue weighted by Crippen LogP contribution is 2.29. The minimum absolute atomic E-state index is 0.119. The molecule has 0 spiro atoms. The highest BCUT2D eigenvalue weighted by molar-refractivity contribution is 6.05. The molecule has 4 heterocycles. The van der Waals surface area contributed by atoms with Crippen molar-refractivity contribution >= 4 is 35.0 Å². The molecule has 0 saturated carbocycles. The summed E-state index contributed by atoms with van der Waals surface area (Å²) < 4.78 is 5.34. The first kappa shape index (κ1) is 26.0. The van der Waals surface area contributed by atoms with E-state index >= 15 is 0 Å². The van der Waals surface area contributed by atoms with Crippen LogP contribution in [0.3, 0.4) is 0 Å². The Balaban J connectivity index is 1.06. The first-order valence-electron chi connectivity index (χ1n) is 12.9. The summed E-state index contributed by atoms with van der Waals surface area (Å²) in [5.74, 6) is -0.188. The third kappa shape index (κ3) is 5.79. The minimum atomic E-state index is -0.669. The number of imide groups is 1. The van der Waals surface area contributed by atoms with E-state index in [4.69, 9.17) is 10.3 Å². The number of rotatable bonds is 9. The molecule has 0 aliphatic carbocycles. The molecule has 12 nitrogen and oxygen atoms in total. The van der Waals surface area contributed by atoms with Crippen LogP contribution in [0.5, 0.6) is 0 Å². The van der Waals surface area contributed by atoms with Crippen molar-refractivity contribution in [1.29, 1.82) is 0 Å². The standard InChI is InChI=1S/C27H29N7O5/c1-15-11-17(28)13-29-24(15)25-32-23(39-33-25)6-4-2-3-5-21(35)30-18-7-8-19-16(12-18)14-34(27(19)38)20-9-10-22(36)31-26(20)37/h7-8,11-13,20H,2-6,9-10,14,28H2,1H3,(H,30,35)(H,31,36,37). The van der Waals surface area contributed by atoms with Gasteiger partial charge in [-0.25, -0.2) is 0 Å². The molecule has 3 aromatic rings. The number of amides is 4. The summed E-state index contributed by atoms with van der Waals surface area (Å²) in [5, 5.41) is 9.19. The van der Waals surface area contributed by atoms with E-state index in [2.05, 4.69) is 25.8 Å². The number of piperidine rings is 1. The summed E-state index contributed by atoms with van der Waals surface area (Å²) in [6.07, 6.45) is 5.31. The molecular weight excluding hydrogens is 502 g/mol. The van der Waals surface area contributed by atoms with Crippen molar-refractivity contribution in [2.75, 3.05) is 11.1 Å². The molecule has 0 radical (unpaired) electrons. The number of benzene rings is 1. The number of aryl methyl sites for hydroxylation is 2. The summed E-state index contributed by atoms with van der Waals surface area (Å²) in [6, 6.07) is 6.26. The molecule has 1 saturated heterocycles. The molecule has 1 atom stereocenters. The lowest BCUT2D eigenvalue weighted by Crippen LogP contribution is -2.52. The molecule has 1 unspecified atom stereocenters. The fourth-order valence-corrected chi connectivity index (χ4v) is 4.90. The number of nitrogens with one attached hydrogen (secondary N) is 2. The van der Waals surface area contributed by atoms with Crippen molar-refractivity contribution in [2.45, 2.75) is 64.5 Å². The average molecular weight is 532 g/mol. The van der Waals surface area contributed by atoms with Gasteiger partial charge in [0.25, 0.3) is 5.91 Å². The van der Waals surface area contributed by atoms with Crippen LogP contribution in [0.4, 0.5) is 11.4 Å². The van der Waals surface area contributed by atoms with Crippen LogP contribution in [0.25, 0.3) is 11.5 Å². The van der Waals surface area contributed by atoms with Crippen molar-refractivity contribution < 1.29 is 23.7 Å². The summed E-state index contributed by atoms with van der Waals surface area (Å²) in [5.41, 5.74) is 9.67. The van der Waals surface area contributed by atoms with E-state index < -0.39 is 11.9 Å². The maximum absolute atomic E-state index is 12.8. The van der Waals surface area contributed by atoms with E-state index in [9.17, 15) is 19.2 Å². The smallest absolute Gasteiger partial charge is 0.255 e. The van der Waals surface area contributed by atoms with Crippen LogP contribution in [-0.2, 0) is 27.3 Å². The second-order valence-corrected chi connectivity index (χ2v) is 9.83. The van der Waals surface area contributed by atoms with Crippen LogP contribution in [0, 0.1) is 6.92 Å². The van der Waals surface area contributed by atoms with Gasteiger partial charge in [0.05, 0.1) is 11.9 Å². The van der Waals surface area contributed by atoms with Gasteiger partial charge in [-0.15, -0.1) is 0 Å². The van der Waals surface area contributed by atoms with Crippen molar-refractivity contribution in [3.63, 3.8) is 0 Å². The molecule has 2 aromatic heterocycles. The van der Waals surface area contributed by atoms with Gasteiger partial charge in [0.1, 0.15) is 11.7 Å².